The van der Waals surface area contributed by atoms with Gasteiger partial charge in [-0.15, -0.1) is 0 Å². The van der Waals surface area contributed by atoms with E-state index in [1.807, 2.05) is 23.1 Å². The first-order valence-corrected chi connectivity index (χ1v) is 7.24. The van der Waals surface area contributed by atoms with Crippen LogP contribution < -0.4 is 5.32 Å². The molecular formula is C16H22N4. The molecule has 106 valence electrons. The summed E-state index contributed by atoms with van der Waals surface area (Å²) in [7, 11) is 2.19. The van der Waals surface area contributed by atoms with E-state index in [2.05, 4.69) is 53.6 Å². The Morgan fingerprint density at radius 2 is 2.10 bits per heavy atom. The van der Waals surface area contributed by atoms with E-state index in [1.54, 1.807) is 0 Å². The molecule has 20 heavy (non-hydrogen) atoms. The van der Waals surface area contributed by atoms with Gasteiger partial charge in [0.1, 0.15) is 0 Å². The lowest BCUT2D eigenvalue weighted by Crippen LogP contribution is -2.24. The molecule has 2 atom stereocenters. The van der Waals surface area contributed by atoms with E-state index in [0.717, 1.165) is 13.1 Å². The summed E-state index contributed by atoms with van der Waals surface area (Å²) < 4.78 is 1.94. The Bertz CT molecular complexity index is 522. The van der Waals surface area contributed by atoms with Gasteiger partial charge in [0.25, 0.3) is 0 Å². The fourth-order valence-electron chi connectivity index (χ4n) is 2.82. The number of nitrogens with zero attached hydrogens (tertiary/aromatic N) is 3. The van der Waals surface area contributed by atoms with E-state index < -0.39 is 0 Å². The fourth-order valence-corrected chi connectivity index (χ4v) is 2.82. The van der Waals surface area contributed by atoms with Gasteiger partial charge in [0, 0.05) is 36.7 Å². The molecule has 2 aromatic rings. The minimum absolute atomic E-state index is 0.562. The summed E-state index contributed by atoms with van der Waals surface area (Å²) >= 11 is 0. The van der Waals surface area contributed by atoms with E-state index in [0.29, 0.717) is 12.1 Å². The highest BCUT2D eigenvalue weighted by molar-refractivity contribution is 5.45. The highest BCUT2D eigenvalue weighted by Gasteiger charge is 2.25. The van der Waals surface area contributed by atoms with Crippen LogP contribution in [0.3, 0.4) is 0 Å². The van der Waals surface area contributed by atoms with Crippen molar-refractivity contribution in [1.82, 2.24) is 14.7 Å². The summed E-state index contributed by atoms with van der Waals surface area (Å²) in [4.78, 5) is 2.41. The maximum absolute atomic E-state index is 4.23. The van der Waals surface area contributed by atoms with Crippen molar-refractivity contribution < 1.29 is 0 Å². The molecule has 4 heteroatoms. The second-order valence-electron chi connectivity index (χ2n) is 5.77. The van der Waals surface area contributed by atoms with Crippen molar-refractivity contribution in [2.75, 3.05) is 18.9 Å². The number of rotatable bonds is 4. The molecule has 0 saturated carbocycles. The Morgan fingerprint density at radius 3 is 2.70 bits per heavy atom. The smallest absolute Gasteiger partial charge is 0.0659 e. The van der Waals surface area contributed by atoms with Crippen molar-refractivity contribution in [2.24, 2.45) is 0 Å². The van der Waals surface area contributed by atoms with Crippen molar-refractivity contribution in [3.63, 3.8) is 0 Å². The highest BCUT2D eigenvalue weighted by Crippen LogP contribution is 2.20. The number of aromatic nitrogens is 2. The maximum Gasteiger partial charge on any atom is 0.0659 e. The van der Waals surface area contributed by atoms with Crippen LogP contribution in [0.1, 0.15) is 18.9 Å². The molecule has 1 fully saturated rings. The van der Waals surface area contributed by atoms with Gasteiger partial charge in [-0.3, -0.25) is 4.68 Å². The van der Waals surface area contributed by atoms with Crippen molar-refractivity contribution >= 4 is 5.69 Å². The topological polar surface area (TPSA) is 33.1 Å². The third-order valence-corrected chi connectivity index (χ3v) is 4.11. The molecule has 1 aromatic heterocycles. The number of hydrogen-bond acceptors (Lipinski definition) is 3. The Labute approximate surface area is 120 Å². The molecule has 0 spiro atoms. The van der Waals surface area contributed by atoms with Crippen LogP contribution in [0.4, 0.5) is 5.69 Å². The number of anilines is 1. The molecule has 1 N–H and O–H groups in total. The van der Waals surface area contributed by atoms with E-state index in [9.17, 15) is 0 Å². The van der Waals surface area contributed by atoms with Gasteiger partial charge in [-0.1, -0.05) is 12.1 Å². The summed E-state index contributed by atoms with van der Waals surface area (Å²) in [6, 6.07) is 11.9. The highest BCUT2D eigenvalue weighted by atomic mass is 15.3. The molecule has 1 saturated heterocycles. The zero-order chi connectivity index (χ0) is 13.9. The largest absolute Gasteiger partial charge is 0.381 e. The molecular weight excluding hydrogens is 248 g/mol. The lowest BCUT2D eigenvalue weighted by atomic mass is 10.1. The SMILES string of the molecule is CC1CC(Nc2ccc(Cn3cccn3)cc2)CN1C. The van der Waals surface area contributed by atoms with Crippen molar-refractivity contribution in [2.45, 2.75) is 32.0 Å². The van der Waals surface area contributed by atoms with Crippen LogP contribution in [-0.4, -0.2) is 40.4 Å². The average molecular weight is 270 g/mol. The molecule has 2 unspecified atom stereocenters. The van der Waals surface area contributed by atoms with Gasteiger partial charge in [0.05, 0.1) is 6.54 Å². The van der Waals surface area contributed by atoms with E-state index >= 15 is 0 Å². The normalized spacial score (nSPS) is 23.1. The van der Waals surface area contributed by atoms with Crippen molar-refractivity contribution in [3.05, 3.63) is 48.3 Å². The molecule has 4 nitrogen and oxygen atoms in total. The minimum atomic E-state index is 0.562. The van der Waals surface area contributed by atoms with Crippen molar-refractivity contribution in [3.8, 4) is 0 Å². The molecule has 0 bridgehead atoms. The summed E-state index contributed by atoms with van der Waals surface area (Å²) in [5.41, 5.74) is 2.48. The molecule has 0 aliphatic carbocycles. The lowest BCUT2D eigenvalue weighted by molar-refractivity contribution is 0.330. The van der Waals surface area contributed by atoms with Gasteiger partial charge in [0.2, 0.25) is 0 Å². The Balaban J connectivity index is 1.59. The zero-order valence-electron chi connectivity index (χ0n) is 12.2. The standard InChI is InChI=1S/C16H22N4/c1-13-10-16(12-19(13)2)18-15-6-4-14(5-7-15)11-20-9-3-8-17-20/h3-9,13,16,18H,10-12H2,1-2H3. The van der Waals surface area contributed by atoms with Gasteiger partial charge in [-0.2, -0.15) is 5.10 Å². The third kappa shape index (κ3) is 3.02. The van der Waals surface area contributed by atoms with Gasteiger partial charge in [-0.05, 0) is 44.2 Å². The first kappa shape index (κ1) is 13.2. The van der Waals surface area contributed by atoms with Crippen LogP contribution in [0.25, 0.3) is 0 Å². The van der Waals surface area contributed by atoms with Crippen LogP contribution in [0.15, 0.2) is 42.7 Å². The monoisotopic (exact) mass is 270 g/mol. The van der Waals surface area contributed by atoms with Gasteiger partial charge >= 0.3 is 0 Å². The summed E-state index contributed by atoms with van der Waals surface area (Å²) in [5.74, 6) is 0. The molecule has 1 aliphatic rings. The predicted octanol–water partition coefficient (Wildman–Crippen LogP) is 2.44. The van der Waals surface area contributed by atoms with Crippen LogP contribution >= 0.6 is 0 Å². The summed E-state index contributed by atoms with van der Waals surface area (Å²) in [6.45, 7) is 4.24. The molecule has 2 heterocycles. The predicted molar refractivity (Wildman–Crippen MR) is 81.9 cm³/mol. The Hall–Kier alpha value is -1.81. The Kier molecular flexibility index (Phi) is 3.74. The van der Waals surface area contributed by atoms with Gasteiger partial charge < -0.3 is 10.2 Å². The number of nitrogens with one attached hydrogen (secondary N) is 1. The van der Waals surface area contributed by atoms with Gasteiger partial charge in [0.15, 0.2) is 0 Å². The number of benzene rings is 1. The number of likely N-dealkylation sites (N-methyl/N-ethyl adjacent to an activating group) is 1. The van der Waals surface area contributed by atoms with Crippen LogP contribution in [-0.2, 0) is 6.54 Å². The molecule has 1 aliphatic heterocycles. The second-order valence-corrected chi connectivity index (χ2v) is 5.77. The minimum Gasteiger partial charge on any atom is -0.381 e. The zero-order valence-corrected chi connectivity index (χ0v) is 12.2. The molecule has 1 aromatic carbocycles. The second kappa shape index (κ2) is 5.67. The van der Waals surface area contributed by atoms with E-state index in [-0.39, 0.29) is 0 Å². The first-order chi connectivity index (χ1) is 9.70. The average Bonchev–Trinajstić information content (AvgIpc) is 3.03. The van der Waals surface area contributed by atoms with Crippen LogP contribution in [0.2, 0.25) is 0 Å². The Morgan fingerprint density at radius 1 is 1.30 bits per heavy atom. The van der Waals surface area contributed by atoms with Crippen LogP contribution in [0.5, 0.6) is 0 Å². The first-order valence-electron chi connectivity index (χ1n) is 7.24. The number of hydrogen-bond donors (Lipinski definition) is 1. The van der Waals surface area contributed by atoms with E-state index in [1.165, 1.54) is 17.7 Å². The maximum atomic E-state index is 4.23. The fraction of sp³-hybridized carbons (Fsp3) is 0.438. The molecule has 0 radical (unpaired) electrons. The van der Waals surface area contributed by atoms with Crippen LogP contribution in [0, 0.1) is 0 Å². The summed E-state index contributed by atoms with van der Waals surface area (Å²) in [6.07, 6.45) is 5.02. The molecule has 3 rings (SSSR count). The summed E-state index contributed by atoms with van der Waals surface area (Å²) in [5, 5.41) is 7.85. The third-order valence-electron chi connectivity index (χ3n) is 4.11. The van der Waals surface area contributed by atoms with Gasteiger partial charge in [-0.25, -0.2) is 0 Å². The molecule has 0 amide bonds. The quantitative estimate of drug-likeness (QED) is 0.926. The van der Waals surface area contributed by atoms with Crippen molar-refractivity contribution in [1.29, 1.82) is 0 Å². The lowest BCUT2D eigenvalue weighted by Gasteiger charge is -2.14. The number of likely N-dealkylation sites (tertiary alicyclic amines) is 1. The van der Waals surface area contributed by atoms with E-state index in [4.69, 9.17) is 0 Å².